The van der Waals surface area contributed by atoms with Gasteiger partial charge in [0.25, 0.3) is 0 Å². The average Bonchev–Trinajstić information content (AvgIpc) is 2.72. The fourth-order valence-corrected chi connectivity index (χ4v) is 3.79. The maximum atomic E-state index is 9.61. The zero-order valence-corrected chi connectivity index (χ0v) is 13.9. The number of aliphatic hydroxyl groups excluding tert-OH is 1. The number of rotatable bonds is 6. The molecule has 1 unspecified atom stereocenters. The molecule has 124 valence electrons. The first-order valence-electron chi connectivity index (χ1n) is 8.81. The van der Waals surface area contributed by atoms with Crippen LogP contribution in [0.25, 0.3) is 0 Å². The molecule has 1 saturated carbocycles. The Kier molecular flexibility index (Phi) is 6.93. The summed E-state index contributed by atoms with van der Waals surface area (Å²) in [5.74, 6) is 0. The predicted molar refractivity (Wildman–Crippen MR) is 86.5 cm³/mol. The van der Waals surface area contributed by atoms with Gasteiger partial charge in [-0.15, -0.1) is 0 Å². The van der Waals surface area contributed by atoms with E-state index in [9.17, 15) is 5.11 Å². The second kappa shape index (κ2) is 8.47. The van der Waals surface area contributed by atoms with Crippen molar-refractivity contribution >= 4 is 0 Å². The minimum atomic E-state index is 0.193. The van der Waals surface area contributed by atoms with Gasteiger partial charge < -0.3 is 15.2 Å². The van der Waals surface area contributed by atoms with Crippen molar-refractivity contribution in [2.75, 3.05) is 39.5 Å². The number of nitrogens with one attached hydrogen (secondary N) is 1. The highest BCUT2D eigenvalue weighted by atomic mass is 16.5. The quantitative estimate of drug-likeness (QED) is 0.737. The summed E-state index contributed by atoms with van der Waals surface area (Å²) >= 11 is 0. The molecule has 1 atom stereocenters. The molecule has 1 saturated heterocycles. The number of morpholine rings is 1. The Morgan fingerprint density at radius 3 is 2.57 bits per heavy atom. The smallest absolute Gasteiger partial charge is 0.0644 e. The normalized spacial score (nSPS) is 27.7. The van der Waals surface area contributed by atoms with Gasteiger partial charge in [0.15, 0.2) is 0 Å². The van der Waals surface area contributed by atoms with E-state index in [1.807, 2.05) is 0 Å². The summed E-state index contributed by atoms with van der Waals surface area (Å²) in [6.45, 7) is 9.36. The number of hydrogen-bond acceptors (Lipinski definition) is 4. The van der Waals surface area contributed by atoms with E-state index in [4.69, 9.17) is 4.74 Å². The van der Waals surface area contributed by atoms with E-state index in [-0.39, 0.29) is 12.6 Å². The lowest BCUT2D eigenvalue weighted by Gasteiger charge is -2.43. The van der Waals surface area contributed by atoms with Gasteiger partial charge in [0.1, 0.15) is 0 Å². The summed E-state index contributed by atoms with van der Waals surface area (Å²) in [7, 11) is 0. The number of hydrogen-bond donors (Lipinski definition) is 2. The van der Waals surface area contributed by atoms with Gasteiger partial charge in [-0.2, -0.15) is 0 Å². The van der Waals surface area contributed by atoms with Crippen LogP contribution in [-0.4, -0.2) is 61.5 Å². The predicted octanol–water partition coefficient (Wildman–Crippen LogP) is 2.02. The summed E-state index contributed by atoms with van der Waals surface area (Å²) in [6.07, 6.45) is 8.12. The molecule has 0 spiro atoms. The molecule has 0 aromatic heterocycles. The number of ether oxygens (including phenoxy) is 1. The van der Waals surface area contributed by atoms with Crippen molar-refractivity contribution < 1.29 is 9.84 Å². The lowest BCUT2D eigenvalue weighted by Crippen LogP contribution is -2.54. The van der Waals surface area contributed by atoms with Crippen molar-refractivity contribution in [3.63, 3.8) is 0 Å². The topological polar surface area (TPSA) is 44.7 Å². The molecule has 4 nitrogen and oxygen atoms in total. The van der Waals surface area contributed by atoms with Crippen molar-refractivity contribution in [3.8, 4) is 0 Å². The molecule has 0 radical (unpaired) electrons. The molecule has 1 heterocycles. The summed E-state index contributed by atoms with van der Waals surface area (Å²) < 4.78 is 5.53. The summed E-state index contributed by atoms with van der Waals surface area (Å²) in [6, 6.07) is 0.737. The number of aliphatic hydroxyl groups is 1. The number of nitrogens with zero attached hydrogens (tertiary/aromatic N) is 1. The van der Waals surface area contributed by atoms with E-state index < -0.39 is 0 Å². The first kappa shape index (κ1) is 17.2. The second-order valence-corrected chi connectivity index (χ2v) is 7.33. The SMILES string of the molecule is CC(C)NCC1(CN2CCOCC2CO)CCCCCC1. The van der Waals surface area contributed by atoms with Crippen LogP contribution in [0, 0.1) is 5.41 Å². The van der Waals surface area contributed by atoms with Gasteiger partial charge in [0, 0.05) is 25.7 Å². The Morgan fingerprint density at radius 1 is 1.24 bits per heavy atom. The molecule has 0 amide bonds. The summed E-state index contributed by atoms with van der Waals surface area (Å²) in [5.41, 5.74) is 0.380. The Balaban J connectivity index is 2.02. The second-order valence-electron chi connectivity index (χ2n) is 7.33. The van der Waals surface area contributed by atoms with Crippen molar-refractivity contribution in [1.29, 1.82) is 0 Å². The van der Waals surface area contributed by atoms with Crippen molar-refractivity contribution in [2.45, 2.75) is 64.5 Å². The van der Waals surface area contributed by atoms with Crippen LogP contribution in [0.1, 0.15) is 52.4 Å². The first-order chi connectivity index (χ1) is 10.2. The molecule has 2 aliphatic rings. The Morgan fingerprint density at radius 2 is 1.95 bits per heavy atom. The highest BCUT2D eigenvalue weighted by molar-refractivity contribution is 4.90. The molecule has 2 rings (SSSR count). The van der Waals surface area contributed by atoms with E-state index in [2.05, 4.69) is 24.1 Å². The highest BCUT2D eigenvalue weighted by Gasteiger charge is 2.35. The van der Waals surface area contributed by atoms with Gasteiger partial charge in [-0.05, 0) is 18.3 Å². The van der Waals surface area contributed by atoms with Gasteiger partial charge in [-0.1, -0.05) is 39.5 Å². The van der Waals surface area contributed by atoms with Gasteiger partial charge in [0.05, 0.1) is 25.9 Å². The van der Waals surface area contributed by atoms with E-state index >= 15 is 0 Å². The van der Waals surface area contributed by atoms with Crippen molar-refractivity contribution in [1.82, 2.24) is 10.2 Å². The van der Waals surface area contributed by atoms with E-state index in [0.29, 0.717) is 18.1 Å². The first-order valence-corrected chi connectivity index (χ1v) is 8.81. The minimum Gasteiger partial charge on any atom is -0.395 e. The molecule has 0 aromatic carbocycles. The third kappa shape index (κ3) is 5.20. The maximum Gasteiger partial charge on any atom is 0.0644 e. The van der Waals surface area contributed by atoms with Crippen molar-refractivity contribution in [3.05, 3.63) is 0 Å². The van der Waals surface area contributed by atoms with Gasteiger partial charge in [-0.25, -0.2) is 0 Å². The van der Waals surface area contributed by atoms with Crippen LogP contribution < -0.4 is 5.32 Å². The monoisotopic (exact) mass is 298 g/mol. The van der Waals surface area contributed by atoms with Crippen LogP contribution in [0.15, 0.2) is 0 Å². The molecule has 0 aromatic rings. The van der Waals surface area contributed by atoms with Crippen LogP contribution in [0.3, 0.4) is 0 Å². The van der Waals surface area contributed by atoms with E-state index in [1.54, 1.807) is 0 Å². The fourth-order valence-electron chi connectivity index (χ4n) is 3.79. The minimum absolute atomic E-state index is 0.193. The molecular weight excluding hydrogens is 264 g/mol. The maximum absolute atomic E-state index is 9.61. The Hall–Kier alpha value is -0.160. The van der Waals surface area contributed by atoms with E-state index in [0.717, 1.165) is 26.2 Å². The lowest BCUT2D eigenvalue weighted by atomic mass is 9.79. The fraction of sp³-hybridized carbons (Fsp3) is 1.00. The molecule has 21 heavy (non-hydrogen) atoms. The summed E-state index contributed by atoms with van der Waals surface area (Å²) in [5, 5.41) is 13.3. The molecule has 2 fully saturated rings. The standard InChI is InChI=1S/C17H34N2O2/c1-15(2)18-13-17(7-5-3-4-6-8-17)14-19-9-10-21-12-16(19)11-20/h15-16,18,20H,3-14H2,1-2H3. The van der Waals surface area contributed by atoms with Crippen LogP contribution in [0.5, 0.6) is 0 Å². The Bertz CT molecular complexity index is 289. The third-order valence-electron chi connectivity index (χ3n) is 5.15. The molecular formula is C17H34N2O2. The van der Waals surface area contributed by atoms with Crippen molar-refractivity contribution in [2.24, 2.45) is 5.41 Å². The average molecular weight is 298 g/mol. The molecule has 2 N–H and O–H groups in total. The largest absolute Gasteiger partial charge is 0.395 e. The van der Waals surface area contributed by atoms with Crippen LogP contribution in [0.2, 0.25) is 0 Å². The van der Waals surface area contributed by atoms with Crippen LogP contribution >= 0.6 is 0 Å². The van der Waals surface area contributed by atoms with Gasteiger partial charge in [0.2, 0.25) is 0 Å². The highest BCUT2D eigenvalue weighted by Crippen LogP contribution is 2.36. The molecule has 4 heteroatoms. The molecule has 1 aliphatic carbocycles. The molecule has 0 bridgehead atoms. The lowest BCUT2D eigenvalue weighted by molar-refractivity contribution is -0.0469. The third-order valence-corrected chi connectivity index (χ3v) is 5.15. The van der Waals surface area contributed by atoms with Gasteiger partial charge in [-0.3, -0.25) is 4.90 Å². The summed E-state index contributed by atoms with van der Waals surface area (Å²) in [4.78, 5) is 2.48. The van der Waals surface area contributed by atoms with E-state index in [1.165, 1.54) is 38.5 Å². The van der Waals surface area contributed by atoms with Crippen LogP contribution in [0.4, 0.5) is 0 Å². The zero-order valence-electron chi connectivity index (χ0n) is 13.9. The Labute approximate surface area is 130 Å². The van der Waals surface area contributed by atoms with Gasteiger partial charge >= 0.3 is 0 Å². The zero-order chi connectivity index (χ0) is 15.1. The van der Waals surface area contributed by atoms with Crippen LogP contribution in [-0.2, 0) is 4.74 Å². The molecule has 1 aliphatic heterocycles.